The van der Waals surface area contributed by atoms with Gasteiger partial charge in [0.25, 0.3) is 0 Å². The van der Waals surface area contributed by atoms with Crippen molar-refractivity contribution in [2.24, 2.45) is 0 Å². The maximum absolute atomic E-state index is 10.4. The summed E-state index contributed by atoms with van der Waals surface area (Å²) in [7, 11) is 0. The molecular formula is C8H13NO. The van der Waals surface area contributed by atoms with Gasteiger partial charge in [-0.25, -0.2) is 0 Å². The van der Waals surface area contributed by atoms with Gasteiger partial charge in [0.1, 0.15) is 6.29 Å². The van der Waals surface area contributed by atoms with Gasteiger partial charge >= 0.3 is 0 Å². The van der Waals surface area contributed by atoms with Crippen LogP contribution in [0.25, 0.3) is 0 Å². The maximum Gasteiger partial charge on any atom is 0.142 e. The van der Waals surface area contributed by atoms with Crippen LogP contribution in [-0.2, 0) is 4.79 Å². The first-order valence-electron chi connectivity index (χ1n) is 3.72. The van der Waals surface area contributed by atoms with Gasteiger partial charge in [-0.2, -0.15) is 0 Å². The zero-order chi connectivity index (χ0) is 7.40. The largest absolute Gasteiger partial charge is 0.368 e. The minimum atomic E-state index is 0.103. The van der Waals surface area contributed by atoms with Crippen molar-refractivity contribution in [1.82, 2.24) is 4.90 Å². The Morgan fingerprint density at radius 3 is 2.80 bits per heavy atom. The maximum atomic E-state index is 10.4. The second-order valence-electron chi connectivity index (χ2n) is 2.62. The lowest BCUT2D eigenvalue weighted by molar-refractivity contribution is -0.112. The lowest BCUT2D eigenvalue weighted by Crippen LogP contribution is -2.36. The van der Waals surface area contributed by atoms with Gasteiger partial charge in [-0.15, -0.1) is 0 Å². The smallest absolute Gasteiger partial charge is 0.142 e. The van der Waals surface area contributed by atoms with Crippen LogP contribution in [0.5, 0.6) is 0 Å². The highest BCUT2D eigenvalue weighted by molar-refractivity contribution is 5.57. The van der Waals surface area contributed by atoms with Crippen molar-refractivity contribution in [3.63, 3.8) is 0 Å². The molecule has 56 valence electrons. The molecule has 1 saturated heterocycles. The third-order valence-corrected chi connectivity index (χ3v) is 1.98. The molecule has 1 fully saturated rings. The average Bonchev–Trinajstić information content (AvgIpc) is 2.04. The topological polar surface area (TPSA) is 20.3 Å². The molecule has 0 saturated carbocycles. The Morgan fingerprint density at radius 1 is 1.50 bits per heavy atom. The molecule has 10 heavy (non-hydrogen) atoms. The summed E-state index contributed by atoms with van der Waals surface area (Å²) in [6.45, 7) is 4.64. The fraction of sp³-hybridized carbons (Fsp3) is 0.625. The lowest BCUT2D eigenvalue weighted by atomic mass is 10.0. The van der Waals surface area contributed by atoms with Gasteiger partial charge in [0.2, 0.25) is 0 Å². The van der Waals surface area contributed by atoms with Gasteiger partial charge in [0.05, 0.1) is 6.04 Å². The zero-order valence-electron chi connectivity index (χ0n) is 6.12. The highest BCUT2D eigenvalue weighted by atomic mass is 16.1. The molecule has 0 radical (unpaired) electrons. The molecule has 0 N–H and O–H groups in total. The van der Waals surface area contributed by atoms with E-state index in [1.165, 1.54) is 12.8 Å². The van der Waals surface area contributed by atoms with Crippen molar-refractivity contribution in [2.75, 3.05) is 6.54 Å². The minimum Gasteiger partial charge on any atom is -0.368 e. The number of nitrogens with zero attached hydrogens (tertiary/aromatic N) is 1. The van der Waals surface area contributed by atoms with E-state index in [-0.39, 0.29) is 6.04 Å². The molecule has 1 atom stereocenters. The Kier molecular flexibility index (Phi) is 2.49. The number of carbonyl (C=O) groups is 1. The molecule has 1 rings (SSSR count). The summed E-state index contributed by atoms with van der Waals surface area (Å²) in [6, 6.07) is 0.103. The summed E-state index contributed by atoms with van der Waals surface area (Å²) in [5.74, 6) is 0. The van der Waals surface area contributed by atoms with Crippen LogP contribution < -0.4 is 0 Å². The number of hydrogen-bond donors (Lipinski definition) is 0. The van der Waals surface area contributed by atoms with E-state index in [9.17, 15) is 4.79 Å². The first kappa shape index (κ1) is 7.32. The Labute approximate surface area is 61.5 Å². The first-order valence-corrected chi connectivity index (χ1v) is 3.72. The predicted molar refractivity (Wildman–Crippen MR) is 40.6 cm³/mol. The fourth-order valence-corrected chi connectivity index (χ4v) is 1.35. The second kappa shape index (κ2) is 3.40. The molecule has 1 aliphatic heterocycles. The fourth-order valence-electron chi connectivity index (χ4n) is 1.35. The molecule has 0 aromatic carbocycles. The van der Waals surface area contributed by atoms with Crippen LogP contribution in [0.4, 0.5) is 0 Å². The van der Waals surface area contributed by atoms with E-state index in [0.717, 1.165) is 19.3 Å². The van der Waals surface area contributed by atoms with Crippen molar-refractivity contribution in [1.29, 1.82) is 0 Å². The molecule has 0 amide bonds. The molecule has 0 bridgehead atoms. The SMILES string of the molecule is C=CN1CCCCC1C=O. The van der Waals surface area contributed by atoms with E-state index in [1.807, 2.05) is 4.90 Å². The summed E-state index contributed by atoms with van der Waals surface area (Å²) in [5, 5.41) is 0. The normalized spacial score (nSPS) is 26.0. The number of hydrogen-bond acceptors (Lipinski definition) is 2. The predicted octanol–water partition coefficient (Wildman–Crippen LogP) is 1.18. The highest BCUT2D eigenvalue weighted by Gasteiger charge is 2.17. The van der Waals surface area contributed by atoms with Gasteiger partial charge in [-0.3, -0.25) is 0 Å². The van der Waals surface area contributed by atoms with Crippen molar-refractivity contribution in [3.8, 4) is 0 Å². The molecule has 0 aliphatic carbocycles. The van der Waals surface area contributed by atoms with E-state index in [0.29, 0.717) is 0 Å². The van der Waals surface area contributed by atoms with E-state index in [4.69, 9.17) is 0 Å². The number of piperidine rings is 1. The van der Waals surface area contributed by atoms with Gasteiger partial charge in [-0.05, 0) is 25.5 Å². The van der Waals surface area contributed by atoms with Crippen LogP contribution in [0.15, 0.2) is 12.8 Å². The van der Waals surface area contributed by atoms with Crippen LogP contribution in [0.1, 0.15) is 19.3 Å². The lowest BCUT2D eigenvalue weighted by Gasteiger charge is -2.30. The number of rotatable bonds is 2. The summed E-state index contributed by atoms with van der Waals surface area (Å²) in [5.41, 5.74) is 0. The van der Waals surface area contributed by atoms with E-state index >= 15 is 0 Å². The van der Waals surface area contributed by atoms with Crippen molar-refractivity contribution in [2.45, 2.75) is 25.3 Å². The molecule has 0 aromatic heterocycles. The molecule has 1 unspecified atom stereocenters. The molecule has 2 heteroatoms. The van der Waals surface area contributed by atoms with Crippen molar-refractivity contribution in [3.05, 3.63) is 12.8 Å². The zero-order valence-corrected chi connectivity index (χ0v) is 6.12. The first-order chi connectivity index (χ1) is 4.88. The minimum absolute atomic E-state index is 0.103. The van der Waals surface area contributed by atoms with Crippen LogP contribution in [0.2, 0.25) is 0 Å². The number of likely N-dealkylation sites (tertiary alicyclic amines) is 1. The molecule has 2 nitrogen and oxygen atoms in total. The Balaban J connectivity index is 2.49. The van der Waals surface area contributed by atoms with E-state index in [2.05, 4.69) is 6.58 Å². The number of aldehydes is 1. The molecular weight excluding hydrogens is 126 g/mol. The van der Waals surface area contributed by atoms with E-state index in [1.54, 1.807) is 6.20 Å². The monoisotopic (exact) mass is 139 g/mol. The Hall–Kier alpha value is -0.790. The van der Waals surface area contributed by atoms with Crippen LogP contribution in [0, 0.1) is 0 Å². The molecule has 1 heterocycles. The van der Waals surface area contributed by atoms with Crippen LogP contribution >= 0.6 is 0 Å². The summed E-state index contributed by atoms with van der Waals surface area (Å²) in [4.78, 5) is 12.5. The standard InChI is InChI=1S/C8H13NO/c1-2-9-6-4-3-5-8(9)7-10/h2,7-8H,1,3-6H2. The molecule has 0 aromatic rings. The molecule has 0 spiro atoms. The van der Waals surface area contributed by atoms with Crippen molar-refractivity contribution >= 4 is 6.29 Å². The van der Waals surface area contributed by atoms with E-state index < -0.39 is 0 Å². The van der Waals surface area contributed by atoms with Gasteiger partial charge in [-0.1, -0.05) is 6.58 Å². The van der Waals surface area contributed by atoms with Crippen LogP contribution in [0.3, 0.4) is 0 Å². The number of carbonyl (C=O) groups excluding carboxylic acids is 1. The van der Waals surface area contributed by atoms with Gasteiger partial charge in [0, 0.05) is 6.54 Å². The summed E-state index contributed by atoms with van der Waals surface area (Å²) in [6.07, 6.45) is 6.14. The summed E-state index contributed by atoms with van der Waals surface area (Å²) < 4.78 is 0. The summed E-state index contributed by atoms with van der Waals surface area (Å²) >= 11 is 0. The van der Waals surface area contributed by atoms with Gasteiger partial charge < -0.3 is 9.69 Å². The Bertz CT molecular complexity index is 117. The van der Waals surface area contributed by atoms with Crippen molar-refractivity contribution < 1.29 is 4.79 Å². The second-order valence-corrected chi connectivity index (χ2v) is 2.62. The molecule has 1 aliphatic rings. The average molecular weight is 139 g/mol. The Morgan fingerprint density at radius 2 is 2.30 bits per heavy atom. The quantitative estimate of drug-likeness (QED) is 0.535. The van der Waals surface area contributed by atoms with Gasteiger partial charge in [0.15, 0.2) is 0 Å². The third kappa shape index (κ3) is 1.38. The highest BCUT2D eigenvalue weighted by Crippen LogP contribution is 2.14. The third-order valence-electron chi connectivity index (χ3n) is 1.98. The van der Waals surface area contributed by atoms with Crippen LogP contribution in [-0.4, -0.2) is 23.8 Å².